The predicted molar refractivity (Wildman–Crippen MR) is 122 cm³/mol. The topological polar surface area (TPSA) is 58.7 Å². The quantitative estimate of drug-likeness (QED) is 0.419. The maximum atomic E-state index is 11.2. The van der Waals surface area contributed by atoms with Crippen LogP contribution in [0.4, 0.5) is 11.4 Å². The molecule has 0 radical (unpaired) electrons. The largest absolute Gasteiger partial charge is 0.356 e. The standard InChI is InChI=1S/C25H37N3O2/c1-16(2)15-27-21-11-9-19-22(21)24(4,5)12-7-13-25(19,6)23(27)26-20-10-8-18(28(29)30)14-17(20)3/h8,10,14,16,19,21-22H,7,9,11-13,15H2,1-6H3. The van der Waals surface area contributed by atoms with Crippen LogP contribution in [0.25, 0.3) is 0 Å². The van der Waals surface area contributed by atoms with E-state index in [9.17, 15) is 10.1 Å². The van der Waals surface area contributed by atoms with Crippen molar-refractivity contribution in [3.63, 3.8) is 0 Å². The van der Waals surface area contributed by atoms with Gasteiger partial charge in [0.2, 0.25) is 0 Å². The number of hydrogen-bond acceptors (Lipinski definition) is 3. The van der Waals surface area contributed by atoms with Gasteiger partial charge >= 0.3 is 0 Å². The van der Waals surface area contributed by atoms with Gasteiger partial charge in [-0.1, -0.05) is 41.0 Å². The molecule has 4 bridgehead atoms. The number of nitrogens with zero attached hydrogens (tertiary/aromatic N) is 3. The number of piperidine rings is 1. The number of nitro groups is 1. The van der Waals surface area contributed by atoms with Crippen molar-refractivity contribution >= 4 is 17.2 Å². The molecule has 5 heteroatoms. The number of rotatable bonds is 4. The molecule has 0 N–H and O–H groups in total. The van der Waals surface area contributed by atoms with E-state index in [0.717, 1.165) is 23.7 Å². The molecule has 30 heavy (non-hydrogen) atoms. The zero-order valence-electron chi connectivity index (χ0n) is 19.4. The SMILES string of the molecule is Cc1cc([N+](=O)[O-])ccc1N=C1N(CC(C)C)C2CCC3C2C(C)(C)CCCC13C. The van der Waals surface area contributed by atoms with Crippen molar-refractivity contribution in [1.29, 1.82) is 0 Å². The predicted octanol–water partition coefficient (Wildman–Crippen LogP) is 6.52. The van der Waals surface area contributed by atoms with Crippen molar-refractivity contribution in [3.8, 4) is 0 Å². The lowest BCUT2D eigenvalue weighted by molar-refractivity contribution is -0.384. The van der Waals surface area contributed by atoms with Crippen LogP contribution in [0.2, 0.25) is 0 Å². The van der Waals surface area contributed by atoms with Gasteiger partial charge in [0, 0.05) is 30.1 Å². The molecule has 3 aliphatic rings. The van der Waals surface area contributed by atoms with E-state index in [4.69, 9.17) is 4.99 Å². The van der Waals surface area contributed by atoms with E-state index in [-0.39, 0.29) is 16.0 Å². The third-order valence-corrected chi connectivity index (χ3v) is 8.22. The molecule has 164 valence electrons. The van der Waals surface area contributed by atoms with Crippen LogP contribution >= 0.6 is 0 Å². The molecule has 4 rings (SSSR count). The first-order chi connectivity index (χ1) is 14.0. The van der Waals surface area contributed by atoms with Crippen molar-refractivity contribution in [2.75, 3.05) is 6.54 Å². The maximum Gasteiger partial charge on any atom is 0.269 e. The molecular weight excluding hydrogens is 374 g/mol. The molecule has 1 aromatic carbocycles. The molecule has 3 fully saturated rings. The minimum Gasteiger partial charge on any atom is -0.356 e. The Morgan fingerprint density at radius 2 is 1.97 bits per heavy atom. The Bertz CT molecular complexity index is 875. The molecule has 0 spiro atoms. The monoisotopic (exact) mass is 411 g/mol. The van der Waals surface area contributed by atoms with Gasteiger partial charge in [0.25, 0.3) is 5.69 Å². The van der Waals surface area contributed by atoms with E-state index >= 15 is 0 Å². The number of aryl methyl sites for hydroxylation is 1. The molecule has 1 aliphatic heterocycles. The highest BCUT2D eigenvalue weighted by molar-refractivity contribution is 5.92. The summed E-state index contributed by atoms with van der Waals surface area (Å²) in [5, 5.41) is 11.2. The Morgan fingerprint density at radius 1 is 1.23 bits per heavy atom. The Morgan fingerprint density at radius 3 is 2.60 bits per heavy atom. The summed E-state index contributed by atoms with van der Waals surface area (Å²) in [5.74, 6) is 3.22. The van der Waals surface area contributed by atoms with Crippen molar-refractivity contribution in [3.05, 3.63) is 33.9 Å². The highest BCUT2D eigenvalue weighted by Crippen LogP contribution is 2.62. The first-order valence-electron chi connectivity index (χ1n) is 11.7. The number of non-ortho nitro benzene ring substituents is 1. The van der Waals surface area contributed by atoms with Gasteiger partial charge in [-0.25, -0.2) is 4.99 Å². The van der Waals surface area contributed by atoms with Crippen LogP contribution in [-0.4, -0.2) is 28.2 Å². The van der Waals surface area contributed by atoms with E-state index in [2.05, 4.69) is 39.5 Å². The van der Waals surface area contributed by atoms with Gasteiger partial charge < -0.3 is 4.90 Å². The van der Waals surface area contributed by atoms with Crippen LogP contribution in [0.5, 0.6) is 0 Å². The van der Waals surface area contributed by atoms with Crippen molar-refractivity contribution in [1.82, 2.24) is 4.90 Å². The van der Waals surface area contributed by atoms with Crippen LogP contribution < -0.4 is 0 Å². The van der Waals surface area contributed by atoms with Crippen LogP contribution in [0.1, 0.15) is 72.3 Å². The number of likely N-dealkylation sites (tertiary alicyclic amines) is 1. The van der Waals surface area contributed by atoms with Crippen molar-refractivity contribution in [2.24, 2.45) is 33.6 Å². The van der Waals surface area contributed by atoms with Gasteiger partial charge in [-0.2, -0.15) is 0 Å². The van der Waals surface area contributed by atoms with Gasteiger partial charge in [0.15, 0.2) is 0 Å². The lowest BCUT2D eigenvalue weighted by atomic mass is 9.61. The molecule has 1 aromatic rings. The van der Waals surface area contributed by atoms with E-state index in [1.165, 1.54) is 37.9 Å². The first kappa shape index (κ1) is 21.3. The molecule has 2 aliphatic carbocycles. The minimum absolute atomic E-state index is 0.0779. The number of hydrogen-bond donors (Lipinski definition) is 0. The molecule has 2 saturated carbocycles. The third kappa shape index (κ3) is 3.34. The fourth-order valence-corrected chi connectivity index (χ4v) is 6.93. The van der Waals surface area contributed by atoms with Crippen LogP contribution in [0.15, 0.2) is 23.2 Å². The lowest BCUT2D eigenvalue weighted by Gasteiger charge is -2.54. The fraction of sp³-hybridized carbons (Fsp3) is 0.720. The molecule has 0 aromatic heterocycles. The second kappa shape index (κ2) is 7.35. The maximum absolute atomic E-state index is 11.2. The smallest absolute Gasteiger partial charge is 0.269 e. The summed E-state index contributed by atoms with van der Waals surface area (Å²) in [6, 6.07) is 5.66. The summed E-state index contributed by atoms with van der Waals surface area (Å²) >= 11 is 0. The number of benzene rings is 1. The number of aliphatic imine (C=N–C) groups is 1. The van der Waals surface area contributed by atoms with Crippen LogP contribution in [0.3, 0.4) is 0 Å². The van der Waals surface area contributed by atoms with Gasteiger partial charge in [0.1, 0.15) is 5.84 Å². The summed E-state index contributed by atoms with van der Waals surface area (Å²) < 4.78 is 0. The Kier molecular flexibility index (Phi) is 5.22. The summed E-state index contributed by atoms with van der Waals surface area (Å²) in [7, 11) is 0. The molecule has 4 unspecified atom stereocenters. The van der Waals surface area contributed by atoms with Crippen LogP contribution in [0, 0.1) is 45.6 Å². The summed E-state index contributed by atoms with van der Waals surface area (Å²) in [4.78, 5) is 18.8. The van der Waals surface area contributed by atoms with Crippen molar-refractivity contribution in [2.45, 2.75) is 79.7 Å². The molecule has 0 amide bonds. The number of amidine groups is 1. The molecular formula is C25H37N3O2. The van der Waals surface area contributed by atoms with Gasteiger partial charge in [0.05, 0.1) is 10.6 Å². The van der Waals surface area contributed by atoms with E-state index in [0.29, 0.717) is 23.3 Å². The Balaban J connectivity index is 1.85. The summed E-state index contributed by atoms with van der Waals surface area (Å²) in [6.45, 7) is 15.0. The average molecular weight is 412 g/mol. The molecule has 1 saturated heterocycles. The normalized spacial score (nSPS) is 33.8. The highest BCUT2D eigenvalue weighted by Gasteiger charge is 2.61. The summed E-state index contributed by atoms with van der Waals surface area (Å²) in [6.07, 6.45) is 6.28. The average Bonchev–Trinajstić information content (AvgIpc) is 3.04. The van der Waals surface area contributed by atoms with Gasteiger partial charge in [-0.05, 0) is 67.4 Å². The Hall–Kier alpha value is -1.91. The number of nitro benzene ring substituents is 1. The van der Waals surface area contributed by atoms with Crippen LogP contribution in [-0.2, 0) is 0 Å². The first-order valence-corrected chi connectivity index (χ1v) is 11.7. The van der Waals surface area contributed by atoms with Gasteiger partial charge in [-0.15, -0.1) is 0 Å². The second-order valence-electron chi connectivity index (χ2n) is 11.2. The molecule has 5 nitrogen and oxygen atoms in total. The minimum atomic E-state index is -0.324. The second-order valence-corrected chi connectivity index (χ2v) is 11.2. The zero-order chi connectivity index (χ0) is 21.8. The van der Waals surface area contributed by atoms with E-state index < -0.39 is 0 Å². The van der Waals surface area contributed by atoms with Crippen molar-refractivity contribution < 1.29 is 4.92 Å². The highest BCUT2D eigenvalue weighted by atomic mass is 16.6. The Labute approximate surface area is 181 Å². The summed E-state index contributed by atoms with van der Waals surface area (Å²) in [5.41, 5.74) is 2.35. The third-order valence-electron chi connectivity index (χ3n) is 8.22. The fourth-order valence-electron chi connectivity index (χ4n) is 6.93. The van der Waals surface area contributed by atoms with Gasteiger partial charge in [-0.3, -0.25) is 10.1 Å². The molecule has 1 heterocycles. The lowest BCUT2D eigenvalue weighted by Crippen LogP contribution is -2.60. The zero-order valence-corrected chi connectivity index (χ0v) is 19.4. The van der Waals surface area contributed by atoms with E-state index in [1.54, 1.807) is 12.1 Å². The van der Waals surface area contributed by atoms with E-state index in [1.807, 2.05) is 13.0 Å². The molecule has 4 atom stereocenters.